The predicted octanol–water partition coefficient (Wildman–Crippen LogP) is 4.55. The SMILES string of the molecule is Cc1ccc(S(=O)(=O)OCCOC2O[C@@H](C)[C@@H](OC(=O)c3ccccc3)[C@@H](C)[C@@H]2OC(=O)c2ccccc2)cc1. The predicted molar refractivity (Wildman–Crippen MR) is 145 cm³/mol. The number of carbonyl (C=O) groups is 2. The molecule has 212 valence electrons. The van der Waals surface area contributed by atoms with Crippen LogP contribution in [-0.4, -0.2) is 58.2 Å². The van der Waals surface area contributed by atoms with Gasteiger partial charge in [-0.05, 0) is 50.2 Å². The van der Waals surface area contributed by atoms with E-state index in [4.69, 9.17) is 23.1 Å². The van der Waals surface area contributed by atoms with E-state index in [0.29, 0.717) is 11.1 Å². The van der Waals surface area contributed by atoms with Crippen molar-refractivity contribution in [2.75, 3.05) is 13.2 Å². The number of rotatable bonds is 10. The number of ether oxygens (including phenoxy) is 4. The zero-order valence-electron chi connectivity index (χ0n) is 22.5. The number of carbonyl (C=O) groups excluding carboxylic acids is 2. The molecule has 5 atom stereocenters. The highest BCUT2D eigenvalue weighted by Crippen LogP contribution is 2.32. The molecule has 3 aromatic carbocycles. The van der Waals surface area contributed by atoms with E-state index >= 15 is 0 Å². The van der Waals surface area contributed by atoms with Crippen LogP contribution < -0.4 is 0 Å². The van der Waals surface area contributed by atoms with Crippen LogP contribution in [0.25, 0.3) is 0 Å². The molecule has 1 aliphatic rings. The van der Waals surface area contributed by atoms with Crippen molar-refractivity contribution in [3.63, 3.8) is 0 Å². The first-order valence-electron chi connectivity index (χ1n) is 12.9. The van der Waals surface area contributed by atoms with E-state index < -0.39 is 52.6 Å². The molecule has 9 nitrogen and oxygen atoms in total. The summed E-state index contributed by atoms with van der Waals surface area (Å²) in [7, 11) is -3.98. The van der Waals surface area contributed by atoms with Crippen molar-refractivity contribution in [2.24, 2.45) is 5.92 Å². The lowest BCUT2D eigenvalue weighted by Gasteiger charge is -2.43. The Morgan fingerprint density at radius 3 is 1.82 bits per heavy atom. The van der Waals surface area contributed by atoms with Gasteiger partial charge in [0.05, 0.1) is 35.3 Å². The van der Waals surface area contributed by atoms with Gasteiger partial charge in [0.2, 0.25) is 0 Å². The second kappa shape index (κ2) is 13.2. The van der Waals surface area contributed by atoms with E-state index in [1.807, 2.05) is 6.92 Å². The second-order valence-electron chi connectivity index (χ2n) is 9.50. The summed E-state index contributed by atoms with van der Waals surface area (Å²) >= 11 is 0. The first kappa shape index (κ1) is 29.4. The molecule has 1 fully saturated rings. The third-order valence-electron chi connectivity index (χ3n) is 6.53. The van der Waals surface area contributed by atoms with Gasteiger partial charge in [-0.1, -0.05) is 61.0 Å². The van der Waals surface area contributed by atoms with Crippen molar-refractivity contribution in [1.29, 1.82) is 0 Å². The normalized spacial score (nSPS) is 22.8. The summed E-state index contributed by atoms with van der Waals surface area (Å²) in [4.78, 5) is 25.8. The zero-order valence-corrected chi connectivity index (χ0v) is 23.3. The van der Waals surface area contributed by atoms with Crippen molar-refractivity contribution < 1.29 is 41.1 Å². The fourth-order valence-corrected chi connectivity index (χ4v) is 5.23. The molecule has 10 heteroatoms. The Morgan fingerprint density at radius 2 is 1.27 bits per heavy atom. The van der Waals surface area contributed by atoms with E-state index in [0.717, 1.165) is 5.56 Å². The van der Waals surface area contributed by atoms with Gasteiger partial charge in [0.1, 0.15) is 6.10 Å². The summed E-state index contributed by atoms with van der Waals surface area (Å²) in [6.45, 7) is 4.90. The van der Waals surface area contributed by atoms with Gasteiger partial charge in [0.25, 0.3) is 10.1 Å². The summed E-state index contributed by atoms with van der Waals surface area (Å²) in [5.74, 6) is -1.66. The van der Waals surface area contributed by atoms with Gasteiger partial charge >= 0.3 is 11.9 Å². The Morgan fingerprint density at radius 1 is 0.750 bits per heavy atom. The highest BCUT2D eigenvalue weighted by atomic mass is 32.2. The molecule has 0 spiro atoms. The summed E-state index contributed by atoms with van der Waals surface area (Å²) in [5.41, 5.74) is 1.63. The van der Waals surface area contributed by atoms with Gasteiger partial charge < -0.3 is 18.9 Å². The fourth-order valence-electron chi connectivity index (χ4n) is 4.34. The number of hydrogen-bond donors (Lipinski definition) is 0. The molecule has 0 saturated carbocycles. The third kappa shape index (κ3) is 7.33. The molecule has 1 heterocycles. The minimum absolute atomic E-state index is 0.0343. The monoisotopic (exact) mass is 568 g/mol. The Labute approximate surface area is 234 Å². The Bertz CT molecular complexity index is 1380. The molecule has 0 aromatic heterocycles. The smallest absolute Gasteiger partial charge is 0.338 e. The van der Waals surface area contributed by atoms with Gasteiger partial charge in [0.15, 0.2) is 12.4 Å². The third-order valence-corrected chi connectivity index (χ3v) is 7.86. The van der Waals surface area contributed by atoms with E-state index in [1.165, 1.54) is 12.1 Å². The molecule has 0 amide bonds. The average Bonchev–Trinajstić information content (AvgIpc) is 2.96. The number of benzene rings is 3. The van der Waals surface area contributed by atoms with Crippen LogP contribution in [0.15, 0.2) is 89.8 Å². The summed E-state index contributed by atoms with van der Waals surface area (Å²) in [5, 5.41) is 0. The van der Waals surface area contributed by atoms with Gasteiger partial charge in [-0.2, -0.15) is 8.42 Å². The van der Waals surface area contributed by atoms with Gasteiger partial charge in [0, 0.05) is 5.92 Å². The largest absolute Gasteiger partial charge is 0.456 e. The molecule has 0 bridgehead atoms. The van der Waals surface area contributed by atoms with Gasteiger partial charge in [-0.15, -0.1) is 0 Å². The first-order chi connectivity index (χ1) is 19.2. The molecule has 40 heavy (non-hydrogen) atoms. The van der Waals surface area contributed by atoms with E-state index in [-0.39, 0.29) is 18.1 Å². The molecule has 0 radical (unpaired) electrons. The number of esters is 2. The van der Waals surface area contributed by atoms with E-state index in [1.54, 1.807) is 86.6 Å². The number of aryl methyl sites for hydroxylation is 1. The molecule has 0 N–H and O–H groups in total. The maximum Gasteiger partial charge on any atom is 0.338 e. The lowest BCUT2D eigenvalue weighted by molar-refractivity contribution is -0.278. The van der Waals surface area contributed by atoms with Crippen molar-refractivity contribution in [3.05, 3.63) is 102 Å². The van der Waals surface area contributed by atoms with E-state index in [9.17, 15) is 18.0 Å². The van der Waals surface area contributed by atoms with E-state index in [2.05, 4.69) is 0 Å². The molecule has 3 aromatic rings. The Hall–Kier alpha value is -3.57. The molecule has 4 rings (SSSR count). The standard InChI is InChI=1S/C30H32O9S/c1-20-14-16-25(17-15-20)40(33,34)36-19-18-35-30-27(39-29(32)24-12-8-5-9-13-24)21(2)26(22(3)37-30)38-28(31)23-10-6-4-7-11-23/h4-17,21-22,26-27,30H,18-19H2,1-3H3/t21-,22+,26+,27+,30?/m1/s1. The second-order valence-corrected chi connectivity index (χ2v) is 11.1. The first-order valence-corrected chi connectivity index (χ1v) is 14.3. The van der Waals surface area contributed by atoms with Gasteiger partial charge in [-0.25, -0.2) is 9.59 Å². The minimum Gasteiger partial charge on any atom is -0.456 e. The van der Waals surface area contributed by atoms with Crippen LogP contribution in [0.5, 0.6) is 0 Å². The van der Waals surface area contributed by atoms with Gasteiger partial charge in [-0.3, -0.25) is 4.18 Å². The lowest BCUT2D eigenvalue weighted by Crippen LogP contribution is -2.56. The molecule has 1 saturated heterocycles. The van der Waals surface area contributed by atoms with Crippen molar-refractivity contribution >= 4 is 22.1 Å². The van der Waals surface area contributed by atoms with Crippen LogP contribution in [0, 0.1) is 12.8 Å². The molecular weight excluding hydrogens is 536 g/mol. The minimum atomic E-state index is -3.98. The van der Waals surface area contributed by atoms with Crippen molar-refractivity contribution in [3.8, 4) is 0 Å². The average molecular weight is 569 g/mol. The maximum absolute atomic E-state index is 12.9. The molecular formula is C30H32O9S. The van der Waals surface area contributed by atoms with Crippen LogP contribution in [0.3, 0.4) is 0 Å². The van der Waals surface area contributed by atoms with Crippen LogP contribution >= 0.6 is 0 Å². The molecule has 1 unspecified atom stereocenters. The molecule has 0 aliphatic carbocycles. The zero-order chi connectivity index (χ0) is 28.7. The van der Waals surface area contributed by atoms with Crippen molar-refractivity contribution in [2.45, 2.75) is 50.3 Å². The topological polar surface area (TPSA) is 114 Å². The fraction of sp³-hybridized carbons (Fsp3) is 0.333. The molecule has 1 aliphatic heterocycles. The summed E-state index contributed by atoms with van der Waals surface area (Å²) in [6, 6.07) is 23.3. The summed E-state index contributed by atoms with van der Waals surface area (Å²) < 4.78 is 53.5. The summed E-state index contributed by atoms with van der Waals surface area (Å²) in [6.07, 6.45) is -3.39. The lowest BCUT2D eigenvalue weighted by atomic mass is 9.90. The van der Waals surface area contributed by atoms with Crippen LogP contribution in [-0.2, 0) is 33.2 Å². The van der Waals surface area contributed by atoms with Crippen molar-refractivity contribution in [1.82, 2.24) is 0 Å². The quantitative estimate of drug-likeness (QED) is 0.197. The Balaban J connectivity index is 1.45. The Kier molecular flexibility index (Phi) is 9.70. The highest BCUT2D eigenvalue weighted by molar-refractivity contribution is 7.86. The maximum atomic E-state index is 12.9. The van der Waals surface area contributed by atoms with Crippen LogP contribution in [0.4, 0.5) is 0 Å². The number of hydrogen-bond acceptors (Lipinski definition) is 9. The highest BCUT2D eigenvalue weighted by Gasteiger charge is 2.47. The van der Waals surface area contributed by atoms with Crippen LogP contribution in [0.1, 0.15) is 40.1 Å². The van der Waals surface area contributed by atoms with Crippen LogP contribution in [0.2, 0.25) is 0 Å².